The molecule has 2 aromatic rings. The Hall–Kier alpha value is -0.660. The zero-order valence-electron chi connectivity index (χ0n) is 8.60. The molecule has 1 saturated heterocycles. The molecule has 0 unspecified atom stereocenters. The van der Waals surface area contributed by atoms with Crippen LogP contribution in [0.2, 0.25) is 0 Å². The van der Waals surface area contributed by atoms with E-state index in [9.17, 15) is 0 Å². The molecule has 0 bridgehead atoms. The highest BCUT2D eigenvalue weighted by Gasteiger charge is 2.32. The lowest BCUT2D eigenvalue weighted by molar-refractivity contribution is 0.0277. The van der Waals surface area contributed by atoms with E-state index in [0.29, 0.717) is 9.21 Å². The number of halogens is 2. The molecule has 1 aliphatic rings. The van der Waals surface area contributed by atoms with Crippen LogP contribution in [0.1, 0.15) is 36.4 Å². The summed E-state index contributed by atoms with van der Waals surface area (Å²) in [6.07, 6.45) is 3.34. The molecule has 7 heteroatoms. The monoisotopic (exact) mass is 362 g/mol. The number of ether oxygens (including phenoxy) is 1. The van der Waals surface area contributed by atoms with Crippen LogP contribution in [-0.4, -0.2) is 10.3 Å². The first kappa shape index (κ1) is 11.4. The average molecular weight is 364 g/mol. The number of rotatable bonds is 2. The maximum atomic E-state index is 5.90. The van der Waals surface area contributed by atoms with Gasteiger partial charge in [0.2, 0.25) is 0 Å². The molecule has 1 aliphatic heterocycles. The summed E-state index contributed by atoms with van der Waals surface area (Å²) < 4.78 is 17.3. The minimum absolute atomic E-state index is 0.00972. The van der Waals surface area contributed by atoms with Gasteiger partial charge in [0.15, 0.2) is 10.4 Å². The normalized spacial score (nSPS) is 24.4. The minimum atomic E-state index is -0.0550. The van der Waals surface area contributed by atoms with Crippen LogP contribution >= 0.6 is 31.9 Å². The molecule has 0 amide bonds. The maximum Gasteiger partial charge on any atom is 0.166 e. The Morgan fingerprint density at radius 3 is 2.65 bits per heavy atom. The summed E-state index contributed by atoms with van der Waals surface area (Å²) in [5.74, 6) is 0.743. The molecule has 3 rings (SSSR count). The van der Waals surface area contributed by atoms with E-state index in [2.05, 4.69) is 42.2 Å². The Bertz CT molecular complexity index is 525. The number of hydrogen-bond donors (Lipinski definition) is 0. The third-order valence-electron chi connectivity index (χ3n) is 2.73. The van der Waals surface area contributed by atoms with Gasteiger partial charge in [0.1, 0.15) is 17.0 Å². The summed E-state index contributed by atoms with van der Waals surface area (Å²) in [4.78, 5) is 0. The lowest BCUT2D eigenvalue weighted by Gasteiger charge is -2.09. The van der Waals surface area contributed by atoms with Crippen LogP contribution in [0.25, 0.3) is 0 Å². The Morgan fingerprint density at radius 1 is 1.18 bits per heavy atom. The predicted octanol–water partition coefficient (Wildman–Crippen LogP) is 3.78. The number of hydrogen-bond acceptors (Lipinski definition) is 5. The standard InChI is InChI=1S/C10H8Br2N2O3/c11-9-3-8(17-13-9)7-2-1-6(16-7)5-4-15-14-10(5)12/h3-4,6-7H,1-2H2/t6-,7+/m1/s1. The van der Waals surface area contributed by atoms with Gasteiger partial charge in [-0.15, -0.1) is 0 Å². The van der Waals surface area contributed by atoms with Crippen LogP contribution < -0.4 is 0 Å². The van der Waals surface area contributed by atoms with Gasteiger partial charge in [0, 0.05) is 6.07 Å². The molecule has 0 aliphatic carbocycles. The van der Waals surface area contributed by atoms with Gasteiger partial charge < -0.3 is 13.8 Å². The first-order chi connectivity index (χ1) is 8.24. The summed E-state index contributed by atoms with van der Waals surface area (Å²) >= 11 is 6.58. The van der Waals surface area contributed by atoms with Crippen molar-refractivity contribution >= 4 is 31.9 Å². The third kappa shape index (κ3) is 2.19. The SMILES string of the molecule is Brc1cc([C@@H]2CC[C@H](c3conc3Br)O2)on1. The summed E-state index contributed by atoms with van der Waals surface area (Å²) in [6, 6.07) is 1.83. The molecule has 0 radical (unpaired) electrons. The summed E-state index contributed by atoms with van der Waals surface area (Å²) in [5, 5.41) is 7.57. The lowest BCUT2D eigenvalue weighted by Crippen LogP contribution is -1.98. The van der Waals surface area contributed by atoms with E-state index in [0.717, 1.165) is 24.2 Å². The van der Waals surface area contributed by atoms with Gasteiger partial charge in [-0.3, -0.25) is 0 Å². The van der Waals surface area contributed by atoms with Gasteiger partial charge >= 0.3 is 0 Å². The number of aromatic nitrogens is 2. The lowest BCUT2D eigenvalue weighted by atomic mass is 10.1. The largest absolute Gasteiger partial charge is 0.363 e. The summed E-state index contributed by atoms with van der Waals surface area (Å²) in [5.41, 5.74) is 0.936. The van der Waals surface area contributed by atoms with Crippen molar-refractivity contribution in [2.75, 3.05) is 0 Å². The van der Waals surface area contributed by atoms with Gasteiger partial charge in [-0.25, -0.2) is 0 Å². The molecular formula is C10H8Br2N2O3. The summed E-state index contributed by atoms with van der Waals surface area (Å²) in [7, 11) is 0. The Balaban J connectivity index is 1.76. The van der Waals surface area contributed by atoms with E-state index >= 15 is 0 Å². The first-order valence-electron chi connectivity index (χ1n) is 5.11. The topological polar surface area (TPSA) is 61.3 Å². The fourth-order valence-electron chi connectivity index (χ4n) is 1.93. The molecule has 17 heavy (non-hydrogen) atoms. The molecule has 5 nitrogen and oxygen atoms in total. The van der Waals surface area contributed by atoms with E-state index in [4.69, 9.17) is 13.8 Å². The Labute approximate surface area is 114 Å². The van der Waals surface area contributed by atoms with Crippen molar-refractivity contribution in [3.8, 4) is 0 Å². The minimum Gasteiger partial charge on any atom is -0.363 e. The molecule has 0 N–H and O–H groups in total. The molecule has 0 aromatic carbocycles. The van der Waals surface area contributed by atoms with Crippen molar-refractivity contribution in [3.05, 3.63) is 32.9 Å². The Kier molecular flexibility index (Phi) is 3.06. The van der Waals surface area contributed by atoms with E-state index in [1.54, 1.807) is 6.26 Å². The Morgan fingerprint density at radius 2 is 2.00 bits per heavy atom. The highest BCUT2D eigenvalue weighted by atomic mass is 79.9. The van der Waals surface area contributed by atoms with Gasteiger partial charge in [0.05, 0.1) is 11.7 Å². The van der Waals surface area contributed by atoms with Gasteiger partial charge in [0.25, 0.3) is 0 Å². The molecular weight excluding hydrogens is 356 g/mol. The van der Waals surface area contributed by atoms with Crippen LogP contribution in [0.4, 0.5) is 0 Å². The van der Waals surface area contributed by atoms with Crippen LogP contribution in [0.15, 0.2) is 30.6 Å². The zero-order chi connectivity index (χ0) is 11.8. The van der Waals surface area contributed by atoms with E-state index in [1.807, 2.05) is 6.07 Å². The van der Waals surface area contributed by atoms with Crippen molar-refractivity contribution in [1.29, 1.82) is 0 Å². The second-order valence-corrected chi connectivity index (χ2v) is 5.37. The highest BCUT2D eigenvalue weighted by Crippen LogP contribution is 2.42. The predicted molar refractivity (Wildman–Crippen MR) is 64.2 cm³/mol. The second-order valence-electron chi connectivity index (χ2n) is 3.80. The van der Waals surface area contributed by atoms with Crippen LogP contribution in [0.5, 0.6) is 0 Å². The number of nitrogens with zero attached hydrogens (tertiary/aromatic N) is 2. The van der Waals surface area contributed by atoms with E-state index < -0.39 is 0 Å². The second kappa shape index (κ2) is 4.55. The van der Waals surface area contributed by atoms with Crippen LogP contribution in [-0.2, 0) is 4.74 Å². The molecule has 1 fully saturated rings. The van der Waals surface area contributed by atoms with Crippen molar-refractivity contribution < 1.29 is 13.8 Å². The quantitative estimate of drug-likeness (QED) is 0.812. The van der Waals surface area contributed by atoms with Crippen molar-refractivity contribution in [1.82, 2.24) is 10.3 Å². The highest BCUT2D eigenvalue weighted by molar-refractivity contribution is 9.10. The molecule has 3 heterocycles. The smallest absolute Gasteiger partial charge is 0.166 e. The average Bonchev–Trinajstić information content (AvgIpc) is 2.97. The zero-order valence-corrected chi connectivity index (χ0v) is 11.8. The van der Waals surface area contributed by atoms with E-state index in [1.165, 1.54) is 0 Å². The van der Waals surface area contributed by atoms with Gasteiger partial charge in [-0.1, -0.05) is 10.3 Å². The third-order valence-corrected chi connectivity index (χ3v) is 3.71. The van der Waals surface area contributed by atoms with E-state index in [-0.39, 0.29) is 12.2 Å². The summed E-state index contributed by atoms with van der Waals surface area (Å²) in [6.45, 7) is 0. The fraction of sp³-hybridized carbons (Fsp3) is 0.400. The van der Waals surface area contributed by atoms with Gasteiger partial charge in [-0.2, -0.15) is 0 Å². The molecule has 0 saturated carbocycles. The van der Waals surface area contributed by atoms with Crippen molar-refractivity contribution in [3.63, 3.8) is 0 Å². The molecule has 0 spiro atoms. The first-order valence-corrected chi connectivity index (χ1v) is 6.70. The van der Waals surface area contributed by atoms with Gasteiger partial charge in [-0.05, 0) is 44.7 Å². The molecule has 2 aromatic heterocycles. The van der Waals surface area contributed by atoms with Crippen LogP contribution in [0, 0.1) is 0 Å². The molecule has 2 atom stereocenters. The fourth-order valence-corrected chi connectivity index (χ4v) is 2.66. The van der Waals surface area contributed by atoms with Crippen molar-refractivity contribution in [2.45, 2.75) is 25.0 Å². The maximum absolute atomic E-state index is 5.90. The van der Waals surface area contributed by atoms with Crippen molar-refractivity contribution in [2.24, 2.45) is 0 Å². The van der Waals surface area contributed by atoms with Crippen LogP contribution in [0.3, 0.4) is 0 Å². The molecule has 90 valence electrons.